The summed E-state index contributed by atoms with van der Waals surface area (Å²) >= 11 is 0. The Labute approximate surface area is 46.9 Å². The summed E-state index contributed by atoms with van der Waals surface area (Å²) in [6.07, 6.45) is -0.868. The SMILES string of the molecule is C[C@H](O)[C@@H]([NH3+])C(=O)O. The van der Waals surface area contributed by atoms with Crippen molar-refractivity contribution in [3.05, 3.63) is 0 Å². The lowest BCUT2D eigenvalue weighted by atomic mass is 10.2. The Morgan fingerprint density at radius 2 is 2.12 bits per heavy atom. The molecule has 0 amide bonds. The first-order valence-electron chi connectivity index (χ1n) is 2.29. The molecule has 0 rings (SSSR count). The average molecular weight is 120 g/mol. The van der Waals surface area contributed by atoms with Gasteiger partial charge in [0.2, 0.25) is 6.04 Å². The standard InChI is InChI=1S/C4H9NO3/c1-2(6)3(5)4(7)8/h2-3,6H,5H2,1H3,(H,7,8)/p+1/t2-,3+/m0/s1. The van der Waals surface area contributed by atoms with Gasteiger partial charge in [0, 0.05) is 0 Å². The van der Waals surface area contributed by atoms with E-state index in [0.717, 1.165) is 0 Å². The van der Waals surface area contributed by atoms with Crippen LogP contribution in [0, 0.1) is 0 Å². The third-order valence-electron chi connectivity index (χ3n) is 0.900. The highest BCUT2D eigenvalue weighted by Crippen LogP contribution is 1.83. The fraction of sp³-hybridized carbons (Fsp3) is 0.750. The molecule has 0 heterocycles. The minimum atomic E-state index is -1.07. The molecule has 4 heteroatoms. The molecule has 0 radical (unpaired) electrons. The first kappa shape index (κ1) is 7.39. The van der Waals surface area contributed by atoms with E-state index < -0.39 is 18.1 Å². The van der Waals surface area contributed by atoms with Crippen LogP contribution in [0.1, 0.15) is 6.92 Å². The second-order valence-electron chi connectivity index (χ2n) is 1.69. The van der Waals surface area contributed by atoms with Gasteiger partial charge in [-0.3, -0.25) is 0 Å². The van der Waals surface area contributed by atoms with Crippen molar-refractivity contribution in [3.8, 4) is 0 Å². The molecule has 0 aliphatic carbocycles. The van der Waals surface area contributed by atoms with Crippen molar-refractivity contribution in [1.82, 2.24) is 0 Å². The van der Waals surface area contributed by atoms with Gasteiger partial charge in [0.25, 0.3) is 0 Å². The highest BCUT2D eigenvalue weighted by Gasteiger charge is 2.20. The smallest absolute Gasteiger partial charge is 0.365 e. The normalized spacial score (nSPS) is 17.4. The lowest BCUT2D eigenvalue weighted by molar-refractivity contribution is -0.423. The fourth-order valence-electron chi connectivity index (χ4n) is 0.206. The zero-order chi connectivity index (χ0) is 6.73. The summed E-state index contributed by atoms with van der Waals surface area (Å²) in [4.78, 5) is 9.92. The molecule has 48 valence electrons. The molecule has 2 atom stereocenters. The largest absolute Gasteiger partial charge is 0.477 e. The number of hydrogen-bond acceptors (Lipinski definition) is 2. The molecule has 0 fully saturated rings. The van der Waals surface area contributed by atoms with Crippen LogP contribution in [0.15, 0.2) is 0 Å². The molecule has 0 saturated heterocycles. The van der Waals surface area contributed by atoms with Crippen molar-refractivity contribution in [1.29, 1.82) is 0 Å². The fourth-order valence-corrected chi connectivity index (χ4v) is 0.206. The Hall–Kier alpha value is -0.610. The molecular weight excluding hydrogens is 110 g/mol. The molecule has 0 aromatic heterocycles. The number of hydrogen-bond donors (Lipinski definition) is 3. The van der Waals surface area contributed by atoms with Crippen molar-refractivity contribution in [2.75, 3.05) is 0 Å². The Morgan fingerprint density at radius 1 is 1.75 bits per heavy atom. The molecule has 0 aliphatic heterocycles. The van der Waals surface area contributed by atoms with E-state index in [1.807, 2.05) is 0 Å². The Morgan fingerprint density at radius 3 is 2.12 bits per heavy atom. The third-order valence-corrected chi connectivity index (χ3v) is 0.900. The Bertz CT molecular complexity index is 91.3. The molecule has 4 nitrogen and oxygen atoms in total. The minimum Gasteiger partial charge on any atom is -0.477 e. The van der Waals surface area contributed by atoms with Crippen LogP contribution < -0.4 is 5.73 Å². The van der Waals surface area contributed by atoms with Gasteiger partial charge in [0.05, 0.1) is 0 Å². The maximum absolute atomic E-state index is 9.92. The van der Waals surface area contributed by atoms with Crippen LogP contribution in [0.2, 0.25) is 0 Å². The van der Waals surface area contributed by atoms with Crippen molar-refractivity contribution in [3.63, 3.8) is 0 Å². The predicted octanol–water partition coefficient (Wildman–Crippen LogP) is -1.94. The summed E-state index contributed by atoms with van der Waals surface area (Å²) in [5.41, 5.74) is 3.19. The molecule has 8 heavy (non-hydrogen) atoms. The number of carboxylic acid groups (broad SMARTS) is 1. The molecule has 0 spiro atoms. The quantitative estimate of drug-likeness (QED) is 0.396. The van der Waals surface area contributed by atoms with Gasteiger partial charge in [-0.2, -0.15) is 0 Å². The Kier molecular flexibility index (Phi) is 2.44. The van der Waals surface area contributed by atoms with Gasteiger partial charge in [0.1, 0.15) is 6.10 Å². The number of aliphatic carboxylic acids is 1. The van der Waals surface area contributed by atoms with Crippen LogP contribution in [0.4, 0.5) is 0 Å². The summed E-state index contributed by atoms with van der Waals surface area (Å²) in [5, 5.41) is 16.7. The lowest BCUT2D eigenvalue weighted by Crippen LogP contribution is -2.69. The van der Waals surface area contributed by atoms with E-state index in [1.54, 1.807) is 0 Å². The van der Waals surface area contributed by atoms with Crippen LogP contribution in [-0.2, 0) is 4.79 Å². The van der Waals surface area contributed by atoms with Gasteiger partial charge in [-0.1, -0.05) is 0 Å². The van der Waals surface area contributed by atoms with E-state index in [9.17, 15) is 4.79 Å². The van der Waals surface area contributed by atoms with Crippen LogP contribution in [0.3, 0.4) is 0 Å². The highest BCUT2D eigenvalue weighted by molar-refractivity contribution is 5.72. The number of carbonyl (C=O) groups is 1. The van der Waals surface area contributed by atoms with E-state index in [4.69, 9.17) is 10.2 Å². The maximum atomic E-state index is 9.92. The Balaban J connectivity index is 3.64. The van der Waals surface area contributed by atoms with Gasteiger partial charge < -0.3 is 15.9 Å². The van der Waals surface area contributed by atoms with Crippen LogP contribution in [-0.4, -0.2) is 28.3 Å². The predicted molar refractivity (Wildman–Crippen MR) is 26.0 cm³/mol. The first-order chi connectivity index (χ1) is 3.55. The molecule has 0 bridgehead atoms. The molecule has 0 aliphatic rings. The zero-order valence-electron chi connectivity index (χ0n) is 4.66. The molecule has 5 N–H and O–H groups in total. The first-order valence-corrected chi connectivity index (χ1v) is 2.29. The zero-order valence-corrected chi connectivity index (χ0v) is 4.66. The highest BCUT2D eigenvalue weighted by atomic mass is 16.4. The van der Waals surface area contributed by atoms with Crippen molar-refractivity contribution in [2.24, 2.45) is 0 Å². The van der Waals surface area contributed by atoms with Crippen LogP contribution >= 0.6 is 0 Å². The number of carboxylic acids is 1. The molecule has 0 aromatic rings. The molecule has 0 aromatic carbocycles. The lowest BCUT2D eigenvalue weighted by Gasteiger charge is -2.03. The van der Waals surface area contributed by atoms with Crippen molar-refractivity contribution >= 4 is 5.97 Å². The monoisotopic (exact) mass is 120 g/mol. The van der Waals surface area contributed by atoms with Gasteiger partial charge in [0.15, 0.2) is 0 Å². The summed E-state index contributed by atoms with van der Waals surface area (Å²) in [6, 6.07) is -0.907. The average Bonchev–Trinajstić information content (AvgIpc) is 1.64. The van der Waals surface area contributed by atoms with E-state index >= 15 is 0 Å². The molecular formula is C4H10NO3+. The summed E-state index contributed by atoms with van der Waals surface area (Å²) in [7, 11) is 0. The molecule has 0 unspecified atom stereocenters. The maximum Gasteiger partial charge on any atom is 0.365 e. The van der Waals surface area contributed by atoms with Gasteiger partial charge in [-0.25, -0.2) is 4.79 Å². The minimum absolute atomic E-state index is 0.868. The van der Waals surface area contributed by atoms with E-state index in [-0.39, 0.29) is 0 Å². The second kappa shape index (κ2) is 2.64. The number of rotatable bonds is 2. The van der Waals surface area contributed by atoms with Crippen LogP contribution in [0.25, 0.3) is 0 Å². The molecule has 0 saturated carbocycles. The summed E-state index contributed by atoms with van der Waals surface area (Å²) < 4.78 is 0. The van der Waals surface area contributed by atoms with E-state index in [2.05, 4.69) is 5.73 Å². The topological polar surface area (TPSA) is 85.2 Å². The number of aliphatic hydroxyl groups excluding tert-OH is 1. The van der Waals surface area contributed by atoms with E-state index in [0.29, 0.717) is 0 Å². The summed E-state index contributed by atoms with van der Waals surface area (Å²) in [5.74, 6) is -1.07. The number of aliphatic hydroxyl groups is 1. The van der Waals surface area contributed by atoms with E-state index in [1.165, 1.54) is 6.92 Å². The van der Waals surface area contributed by atoms with Crippen molar-refractivity contribution in [2.45, 2.75) is 19.1 Å². The van der Waals surface area contributed by atoms with Gasteiger partial charge in [-0.15, -0.1) is 0 Å². The van der Waals surface area contributed by atoms with Crippen LogP contribution in [0.5, 0.6) is 0 Å². The summed E-state index contributed by atoms with van der Waals surface area (Å²) in [6.45, 7) is 1.39. The third kappa shape index (κ3) is 1.90. The van der Waals surface area contributed by atoms with Crippen molar-refractivity contribution < 1.29 is 20.7 Å². The van der Waals surface area contributed by atoms with Gasteiger partial charge in [-0.05, 0) is 6.92 Å². The number of quaternary nitrogens is 1. The van der Waals surface area contributed by atoms with Gasteiger partial charge >= 0.3 is 5.97 Å². The second-order valence-corrected chi connectivity index (χ2v) is 1.69.